The molecule has 2 amide bonds. The molecule has 0 bridgehead atoms. The fourth-order valence-corrected chi connectivity index (χ4v) is 4.70. The molecule has 0 fully saturated rings. The first-order valence-electron chi connectivity index (χ1n) is 8.22. The molecule has 3 rings (SSSR count). The molecular weight excluding hydrogens is 429 g/mol. The number of thiophene rings is 1. The summed E-state index contributed by atoms with van der Waals surface area (Å²) in [5.74, 6) is -0.952. The molecule has 27 heavy (non-hydrogen) atoms. The zero-order valence-corrected chi connectivity index (χ0v) is 18.0. The number of anilines is 1. The van der Waals surface area contributed by atoms with Gasteiger partial charge < -0.3 is 11.1 Å². The molecule has 1 aliphatic rings. The molecule has 0 radical (unpaired) electrons. The second-order valence-electron chi connectivity index (χ2n) is 6.46. The molecule has 0 spiro atoms. The number of amides is 2. The molecule has 1 aromatic carbocycles. The molecule has 2 heterocycles. The number of carbonyl (C=O) groups is 2. The van der Waals surface area contributed by atoms with E-state index in [-0.39, 0.29) is 18.0 Å². The smallest absolute Gasteiger partial charge is 0.257 e. The monoisotopic (exact) mass is 447 g/mol. The number of nitrogens with two attached hydrogens (primary N) is 1. The average molecular weight is 449 g/mol. The number of benzene rings is 1. The Morgan fingerprint density at radius 2 is 2.00 bits per heavy atom. The van der Waals surface area contributed by atoms with Crippen molar-refractivity contribution < 1.29 is 9.59 Å². The molecule has 9 heteroatoms. The summed E-state index contributed by atoms with van der Waals surface area (Å²) < 4.78 is 0. The number of nitrogens with zero attached hydrogens (tertiary/aromatic N) is 1. The SMILES string of the molecule is CC(C)N1CCc2c(sc(NC(=O)c3cc(Cl)ccc3Cl)c2C(N)=O)C1.Cl. The first-order valence-corrected chi connectivity index (χ1v) is 9.80. The van der Waals surface area contributed by atoms with Crippen LogP contribution in [0.3, 0.4) is 0 Å². The van der Waals surface area contributed by atoms with Gasteiger partial charge in [0.05, 0.1) is 16.1 Å². The molecule has 0 aliphatic carbocycles. The predicted octanol–water partition coefficient (Wildman–Crippen LogP) is 4.59. The Hall–Kier alpha value is -1.31. The average Bonchev–Trinajstić information content (AvgIpc) is 2.93. The Balaban J connectivity index is 0.00000261. The van der Waals surface area contributed by atoms with Gasteiger partial charge in [-0.2, -0.15) is 0 Å². The van der Waals surface area contributed by atoms with Crippen LogP contribution in [0.15, 0.2) is 18.2 Å². The van der Waals surface area contributed by atoms with E-state index in [1.54, 1.807) is 12.1 Å². The second kappa shape index (κ2) is 8.80. The summed E-state index contributed by atoms with van der Waals surface area (Å²) in [6, 6.07) is 5.08. The standard InChI is InChI=1S/C18H19Cl2N3O2S.ClH/c1-9(2)23-6-5-11-14(8-23)26-18(15(11)16(21)24)22-17(25)12-7-10(19)3-4-13(12)20;/h3-4,7,9H,5-6,8H2,1-2H3,(H2,21,24)(H,22,25);1H. The molecule has 1 aromatic heterocycles. The van der Waals surface area contributed by atoms with Crippen LogP contribution >= 0.6 is 46.9 Å². The van der Waals surface area contributed by atoms with E-state index >= 15 is 0 Å². The van der Waals surface area contributed by atoms with Crippen molar-refractivity contribution in [1.82, 2.24) is 4.90 Å². The lowest BCUT2D eigenvalue weighted by Gasteiger charge is -2.30. The van der Waals surface area contributed by atoms with E-state index in [0.717, 1.165) is 30.0 Å². The van der Waals surface area contributed by atoms with E-state index in [1.807, 2.05) is 0 Å². The highest BCUT2D eigenvalue weighted by atomic mass is 35.5. The van der Waals surface area contributed by atoms with Crippen molar-refractivity contribution in [2.75, 3.05) is 11.9 Å². The van der Waals surface area contributed by atoms with Gasteiger partial charge >= 0.3 is 0 Å². The van der Waals surface area contributed by atoms with E-state index in [9.17, 15) is 9.59 Å². The van der Waals surface area contributed by atoms with Gasteiger partial charge in [0.25, 0.3) is 11.8 Å². The molecule has 0 unspecified atom stereocenters. The lowest BCUT2D eigenvalue weighted by atomic mass is 10.0. The molecule has 0 saturated carbocycles. The first-order chi connectivity index (χ1) is 12.3. The van der Waals surface area contributed by atoms with Gasteiger partial charge in [0.2, 0.25) is 0 Å². The predicted molar refractivity (Wildman–Crippen MR) is 114 cm³/mol. The second-order valence-corrected chi connectivity index (χ2v) is 8.41. The Morgan fingerprint density at radius 1 is 1.30 bits per heavy atom. The van der Waals surface area contributed by atoms with Gasteiger partial charge in [-0.05, 0) is 44.0 Å². The Bertz CT molecular complexity index is 883. The van der Waals surface area contributed by atoms with E-state index in [2.05, 4.69) is 24.1 Å². The molecular formula is C18H20Cl3N3O2S. The van der Waals surface area contributed by atoms with Crippen molar-refractivity contribution in [3.05, 3.63) is 49.8 Å². The molecule has 0 saturated heterocycles. The summed E-state index contributed by atoms with van der Waals surface area (Å²) in [5.41, 5.74) is 7.20. The quantitative estimate of drug-likeness (QED) is 0.718. The van der Waals surface area contributed by atoms with Crippen molar-refractivity contribution in [3.63, 3.8) is 0 Å². The minimum atomic E-state index is -0.534. The lowest BCUT2D eigenvalue weighted by Crippen LogP contribution is -2.35. The van der Waals surface area contributed by atoms with Crippen molar-refractivity contribution in [2.24, 2.45) is 5.73 Å². The van der Waals surface area contributed by atoms with Crippen LogP contribution in [-0.4, -0.2) is 29.3 Å². The number of carbonyl (C=O) groups excluding carboxylic acids is 2. The van der Waals surface area contributed by atoms with E-state index in [4.69, 9.17) is 28.9 Å². The summed E-state index contributed by atoms with van der Waals surface area (Å²) in [6.07, 6.45) is 0.732. The van der Waals surface area contributed by atoms with E-state index < -0.39 is 11.8 Å². The molecule has 3 N–H and O–H groups in total. The van der Waals surface area contributed by atoms with Crippen LogP contribution in [0.4, 0.5) is 5.00 Å². The number of rotatable bonds is 4. The van der Waals surface area contributed by atoms with Crippen molar-refractivity contribution >= 4 is 63.8 Å². The summed E-state index contributed by atoms with van der Waals surface area (Å²) in [4.78, 5) is 28.0. The van der Waals surface area contributed by atoms with Crippen LogP contribution in [0.2, 0.25) is 10.0 Å². The Morgan fingerprint density at radius 3 is 2.63 bits per heavy atom. The van der Waals surface area contributed by atoms with Gasteiger partial charge in [-0.15, -0.1) is 23.7 Å². The lowest BCUT2D eigenvalue weighted by molar-refractivity contribution is 0.0999. The van der Waals surface area contributed by atoms with Gasteiger partial charge in [-0.25, -0.2) is 0 Å². The highest BCUT2D eigenvalue weighted by molar-refractivity contribution is 7.17. The minimum Gasteiger partial charge on any atom is -0.365 e. The molecule has 1 aliphatic heterocycles. The molecule has 146 valence electrons. The highest BCUT2D eigenvalue weighted by Crippen LogP contribution is 2.37. The number of hydrogen-bond donors (Lipinski definition) is 2. The van der Waals surface area contributed by atoms with Crippen LogP contribution in [0.25, 0.3) is 0 Å². The third-order valence-electron chi connectivity index (χ3n) is 4.46. The van der Waals surface area contributed by atoms with Crippen LogP contribution in [-0.2, 0) is 13.0 Å². The largest absolute Gasteiger partial charge is 0.365 e. The van der Waals surface area contributed by atoms with Gasteiger partial charge in [0.15, 0.2) is 0 Å². The topological polar surface area (TPSA) is 75.4 Å². The molecule has 0 atom stereocenters. The van der Waals surface area contributed by atoms with Gasteiger partial charge in [0.1, 0.15) is 5.00 Å². The Labute approximate surface area is 178 Å². The van der Waals surface area contributed by atoms with Crippen molar-refractivity contribution in [2.45, 2.75) is 32.9 Å². The van der Waals surface area contributed by atoms with Gasteiger partial charge in [0, 0.05) is 29.0 Å². The van der Waals surface area contributed by atoms with Crippen LogP contribution in [0.5, 0.6) is 0 Å². The fourth-order valence-electron chi connectivity index (χ4n) is 3.05. The number of hydrogen-bond acceptors (Lipinski definition) is 4. The van der Waals surface area contributed by atoms with Crippen LogP contribution in [0.1, 0.15) is 45.0 Å². The molecule has 5 nitrogen and oxygen atoms in total. The van der Waals surface area contributed by atoms with Crippen LogP contribution < -0.4 is 11.1 Å². The third-order valence-corrected chi connectivity index (χ3v) is 6.16. The summed E-state index contributed by atoms with van der Waals surface area (Å²) >= 11 is 13.5. The highest BCUT2D eigenvalue weighted by Gasteiger charge is 2.28. The first kappa shape index (κ1) is 22.0. The third kappa shape index (κ3) is 4.58. The number of halogens is 3. The normalized spacial score (nSPS) is 13.8. The van der Waals surface area contributed by atoms with Gasteiger partial charge in [-0.3, -0.25) is 14.5 Å². The zero-order valence-electron chi connectivity index (χ0n) is 14.8. The maximum Gasteiger partial charge on any atom is 0.257 e. The number of primary amides is 1. The van der Waals surface area contributed by atoms with Crippen molar-refractivity contribution in [1.29, 1.82) is 0 Å². The molecule has 2 aromatic rings. The Kier molecular flexibility index (Phi) is 7.16. The fraction of sp³-hybridized carbons (Fsp3) is 0.333. The van der Waals surface area contributed by atoms with Crippen LogP contribution in [0, 0.1) is 0 Å². The number of fused-ring (bicyclic) bond motifs is 1. The summed E-state index contributed by atoms with van der Waals surface area (Å²) in [5, 5.41) is 3.96. The zero-order chi connectivity index (χ0) is 19.0. The summed E-state index contributed by atoms with van der Waals surface area (Å²) in [7, 11) is 0. The van der Waals surface area contributed by atoms with E-state index in [0.29, 0.717) is 26.7 Å². The van der Waals surface area contributed by atoms with E-state index in [1.165, 1.54) is 17.4 Å². The minimum absolute atomic E-state index is 0. The maximum absolute atomic E-state index is 12.6. The van der Waals surface area contributed by atoms with Gasteiger partial charge in [-0.1, -0.05) is 23.2 Å². The maximum atomic E-state index is 12.6. The number of nitrogens with one attached hydrogen (secondary N) is 1. The van der Waals surface area contributed by atoms with Crippen molar-refractivity contribution in [3.8, 4) is 0 Å². The summed E-state index contributed by atoms with van der Waals surface area (Å²) in [6.45, 7) is 5.87.